The van der Waals surface area contributed by atoms with Gasteiger partial charge in [-0.05, 0) is 45.2 Å². The van der Waals surface area contributed by atoms with Gasteiger partial charge in [-0.1, -0.05) is 25.7 Å². The molecular formula is C12H23N. The minimum absolute atomic E-state index is 0.939. The van der Waals surface area contributed by atoms with Gasteiger partial charge < -0.3 is 4.90 Å². The quantitative estimate of drug-likeness (QED) is 0.601. The highest BCUT2D eigenvalue weighted by molar-refractivity contribution is 4.82. The Kier molecular flexibility index (Phi) is 3.26. The van der Waals surface area contributed by atoms with Crippen LogP contribution in [-0.4, -0.2) is 24.5 Å². The van der Waals surface area contributed by atoms with E-state index in [1.807, 2.05) is 0 Å². The molecule has 2 aliphatic rings. The van der Waals surface area contributed by atoms with Gasteiger partial charge in [0.05, 0.1) is 0 Å². The molecule has 0 spiro atoms. The molecule has 1 saturated heterocycles. The molecule has 2 fully saturated rings. The molecule has 0 N–H and O–H groups in total. The van der Waals surface area contributed by atoms with Crippen molar-refractivity contribution in [3.05, 3.63) is 0 Å². The third kappa shape index (κ3) is 2.25. The molecule has 0 unspecified atom stereocenters. The minimum Gasteiger partial charge on any atom is -0.303 e. The monoisotopic (exact) mass is 181 g/mol. The lowest BCUT2D eigenvalue weighted by molar-refractivity contribution is 0.106. The fourth-order valence-electron chi connectivity index (χ4n) is 3.22. The molecule has 1 aliphatic carbocycles. The molecule has 76 valence electrons. The second-order valence-corrected chi connectivity index (χ2v) is 4.94. The van der Waals surface area contributed by atoms with E-state index in [9.17, 15) is 0 Å². The molecule has 1 aliphatic heterocycles. The maximum atomic E-state index is 2.62. The van der Waals surface area contributed by atoms with E-state index in [4.69, 9.17) is 0 Å². The first kappa shape index (κ1) is 9.51. The smallest absolute Gasteiger partial charge is 0.0120 e. The summed E-state index contributed by atoms with van der Waals surface area (Å²) < 4.78 is 0. The van der Waals surface area contributed by atoms with E-state index < -0.39 is 0 Å². The summed E-state index contributed by atoms with van der Waals surface area (Å²) in [6.07, 6.45) is 11.9. The third-order valence-electron chi connectivity index (χ3n) is 4.02. The van der Waals surface area contributed by atoms with Gasteiger partial charge in [0.15, 0.2) is 0 Å². The maximum Gasteiger partial charge on any atom is 0.0120 e. The summed E-state index contributed by atoms with van der Waals surface area (Å²) in [4.78, 5) is 2.62. The Morgan fingerprint density at radius 3 is 2.23 bits per heavy atom. The van der Waals surface area contributed by atoms with Crippen LogP contribution in [-0.2, 0) is 0 Å². The second kappa shape index (κ2) is 4.45. The van der Waals surface area contributed by atoms with E-state index in [1.165, 1.54) is 57.9 Å². The zero-order chi connectivity index (χ0) is 9.10. The Labute approximate surface area is 82.5 Å². The summed E-state index contributed by atoms with van der Waals surface area (Å²) in [6.45, 7) is 1.35. The van der Waals surface area contributed by atoms with E-state index in [-0.39, 0.29) is 0 Å². The first-order valence-electron chi connectivity index (χ1n) is 6.08. The van der Waals surface area contributed by atoms with Crippen LogP contribution in [0.15, 0.2) is 0 Å². The predicted molar refractivity (Wildman–Crippen MR) is 56.8 cm³/mol. The van der Waals surface area contributed by atoms with Crippen LogP contribution < -0.4 is 0 Å². The van der Waals surface area contributed by atoms with Crippen LogP contribution in [0.1, 0.15) is 51.4 Å². The molecule has 0 radical (unpaired) electrons. The van der Waals surface area contributed by atoms with Crippen molar-refractivity contribution < 1.29 is 0 Å². The fourth-order valence-corrected chi connectivity index (χ4v) is 3.22. The highest BCUT2D eigenvalue weighted by Gasteiger charge is 2.28. The van der Waals surface area contributed by atoms with Gasteiger partial charge in [0, 0.05) is 6.04 Å². The molecule has 0 aromatic rings. The maximum absolute atomic E-state index is 2.62. The highest BCUT2D eigenvalue weighted by Crippen LogP contribution is 2.32. The SMILES string of the molecule is CN1CCCC[C@@H]1C1CCCCC1. The van der Waals surface area contributed by atoms with Crippen LogP contribution in [0.5, 0.6) is 0 Å². The predicted octanol–water partition coefficient (Wildman–Crippen LogP) is 3.05. The summed E-state index contributed by atoms with van der Waals surface area (Å²) in [5.41, 5.74) is 0. The van der Waals surface area contributed by atoms with Crippen LogP contribution in [0.2, 0.25) is 0 Å². The van der Waals surface area contributed by atoms with Crippen molar-refractivity contribution in [2.24, 2.45) is 5.92 Å². The van der Waals surface area contributed by atoms with Crippen molar-refractivity contribution in [3.63, 3.8) is 0 Å². The molecule has 1 atom stereocenters. The molecule has 13 heavy (non-hydrogen) atoms. The van der Waals surface area contributed by atoms with Gasteiger partial charge in [0.1, 0.15) is 0 Å². The number of piperidine rings is 1. The van der Waals surface area contributed by atoms with Gasteiger partial charge in [-0.3, -0.25) is 0 Å². The van der Waals surface area contributed by atoms with Gasteiger partial charge in [-0.15, -0.1) is 0 Å². The summed E-state index contributed by atoms with van der Waals surface area (Å²) in [5.74, 6) is 1.04. The molecule has 1 heterocycles. The van der Waals surface area contributed by atoms with E-state index in [2.05, 4.69) is 11.9 Å². The van der Waals surface area contributed by atoms with Crippen molar-refractivity contribution in [2.75, 3.05) is 13.6 Å². The van der Waals surface area contributed by atoms with Crippen LogP contribution in [0.3, 0.4) is 0 Å². The normalized spacial score (nSPS) is 33.5. The summed E-state index contributed by atoms with van der Waals surface area (Å²) >= 11 is 0. The van der Waals surface area contributed by atoms with Crippen LogP contribution in [0, 0.1) is 5.92 Å². The van der Waals surface area contributed by atoms with Crippen LogP contribution in [0.4, 0.5) is 0 Å². The van der Waals surface area contributed by atoms with E-state index in [0.29, 0.717) is 0 Å². The molecule has 1 saturated carbocycles. The van der Waals surface area contributed by atoms with Crippen molar-refractivity contribution in [2.45, 2.75) is 57.4 Å². The fraction of sp³-hybridized carbons (Fsp3) is 1.00. The molecule has 0 bridgehead atoms. The van der Waals surface area contributed by atoms with Gasteiger partial charge in [0.2, 0.25) is 0 Å². The van der Waals surface area contributed by atoms with Crippen molar-refractivity contribution in [3.8, 4) is 0 Å². The van der Waals surface area contributed by atoms with E-state index in [0.717, 1.165) is 12.0 Å². The van der Waals surface area contributed by atoms with Crippen LogP contribution >= 0.6 is 0 Å². The first-order chi connectivity index (χ1) is 6.38. The Hall–Kier alpha value is -0.0400. The summed E-state index contributed by atoms with van der Waals surface area (Å²) in [7, 11) is 2.33. The zero-order valence-corrected chi connectivity index (χ0v) is 8.97. The average molecular weight is 181 g/mol. The van der Waals surface area contributed by atoms with Gasteiger partial charge in [-0.2, -0.15) is 0 Å². The van der Waals surface area contributed by atoms with Gasteiger partial charge in [-0.25, -0.2) is 0 Å². The summed E-state index contributed by atoms with van der Waals surface area (Å²) in [6, 6.07) is 0.939. The highest BCUT2D eigenvalue weighted by atomic mass is 15.1. The molecule has 2 rings (SSSR count). The van der Waals surface area contributed by atoms with Crippen molar-refractivity contribution in [1.29, 1.82) is 0 Å². The summed E-state index contributed by atoms with van der Waals surface area (Å²) in [5, 5.41) is 0. The zero-order valence-electron chi connectivity index (χ0n) is 8.97. The van der Waals surface area contributed by atoms with E-state index in [1.54, 1.807) is 0 Å². The second-order valence-electron chi connectivity index (χ2n) is 4.94. The number of hydrogen-bond donors (Lipinski definition) is 0. The van der Waals surface area contributed by atoms with Crippen molar-refractivity contribution >= 4 is 0 Å². The Morgan fingerprint density at radius 1 is 0.846 bits per heavy atom. The standard InChI is InChI=1S/C12H23N/c1-13-10-6-5-9-12(13)11-7-3-2-4-8-11/h11-12H,2-10H2,1H3/t12-/m1/s1. The largest absolute Gasteiger partial charge is 0.303 e. The first-order valence-corrected chi connectivity index (χ1v) is 6.08. The molecular weight excluding hydrogens is 158 g/mol. The van der Waals surface area contributed by atoms with Crippen LogP contribution in [0.25, 0.3) is 0 Å². The Balaban J connectivity index is 1.88. The lowest BCUT2D eigenvalue weighted by Gasteiger charge is -2.39. The Morgan fingerprint density at radius 2 is 1.54 bits per heavy atom. The average Bonchev–Trinajstić information content (AvgIpc) is 2.20. The van der Waals surface area contributed by atoms with Gasteiger partial charge >= 0.3 is 0 Å². The lowest BCUT2D eigenvalue weighted by atomic mass is 9.80. The topological polar surface area (TPSA) is 3.24 Å². The number of rotatable bonds is 1. The molecule has 1 nitrogen and oxygen atoms in total. The number of likely N-dealkylation sites (tertiary alicyclic amines) is 1. The number of hydrogen-bond acceptors (Lipinski definition) is 1. The number of nitrogens with zero attached hydrogens (tertiary/aromatic N) is 1. The molecule has 1 heteroatoms. The molecule has 0 aromatic carbocycles. The van der Waals surface area contributed by atoms with E-state index >= 15 is 0 Å². The van der Waals surface area contributed by atoms with Gasteiger partial charge in [0.25, 0.3) is 0 Å². The molecule has 0 amide bonds. The Bertz CT molecular complexity index is 149. The third-order valence-corrected chi connectivity index (χ3v) is 4.02. The van der Waals surface area contributed by atoms with Crippen molar-refractivity contribution in [1.82, 2.24) is 4.90 Å². The lowest BCUT2D eigenvalue weighted by Crippen LogP contribution is -2.42. The minimum atomic E-state index is 0.939. The molecule has 0 aromatic heterocycles.